The fourth-order valence-corrected chi connectivity index (χ4v) is 2.90. The first-order chi connectivity index (χ1) is 11.5. The summed E-state index contributed by atoms with van der Waals surface area (Å²) in [6.45, 7) is 4.73. The van der Waals surface area contributed by atoms with Crippen molar-refractivity contribution in [3.63, 3.8) is 0 Å². The van der Waals surface area contributed by atoms with Crippen LogP contribution < -0.4 is 0 Å². The lowest BCUT2D eigenvalue weighted by Crippen LogP contribution is -2.48. The van der Waals surface area contributed by atoms with Crippen molar-refractivity contribution in [2.45, 2.75) is 13.5 Å². The second-order valence-electron chi connectivity index (χ2n) is 5.81. The molecular formula is C17H18ClFN4O. The molecule has 1 aromatic heterocycles. The third-order valence-electron chi connectivity index (χ3n) is 4.10. The number of aromatic nitrogens is 2. The van der Waals surface area contributed by atoms with Crippen LogP contribution in [0.1, 0.15) is 21.7 Å². The highest BCUT2D eigenvalue weighted by Crippen LogP contribution is 2.21. The molecule has 0 aliphatic carbocycles. The third kappa shape index (κ3) is 3.71. The van der Waals surface area contributed by atoms with Crippen LogP contribution in [0.5, 0.6) is 0 Å². The van der Waals surface area contributed by atoms with Gasteiger partial charge < -0.3 is 4.90 Å². The van der Waals surface area contributed by atoms with E-state index in [1.807, 2.05) is 6.92 Å². The molecule has 1 aliphatic rings. The number of hydrogen-bond donors (Lipinski definition) is 0. The number of hydrogen-bond acceptors (Lipinski definition) is 4. The van der Waals surface area contributed by atoms with Crippen molar-refractivity contribution in [1.82, 2.24) is 19.8 Å². The van der Waals surface area contributed by atoms with Gasteiger partial charge in [-0.1, -0.05) is 17.7 Å². The Balaban J connectivity index is 1.59. The molecule has 2 heterocycles. The first kappa shape index (κ1) is 16.8. The molecule has 0 saturated carbocycles. The van der Waals surface area contributed by atoms with Gasteiger partial charge in [-0.2, -0.15) is 0 Å². The van der Waals surface area contributed by atoms with Crippen molar-refractivity contribution in [1.29, 1.82) is 0 Å². The van der Waals surface area contributed by atoms with Gasteiger partial charge in [0.2, 0.25) is 0 Å². The van der Waals surface area contributed by atoms with E-state index in [0.29, 0.717) is 49.0 Å². The van der Waals surface area contributed by atoms with Crippen LogP contribution in [0.2, 0.25) is 5.02 Å². The Labute approximate surface area is 145 Å². The summed E-state index contributed by atoms with van der Waals surface area (Å²) in [6, 6.07) is 4.70. The molecule has 1 amide bonds. The lowest BCUT2D eigenvalue weighted by Gasteiger charge is -2.34. The number of aryl methyl sites for hydroxylation is 1. The standard InChI is InChI=1S/C17H18ClFN4O/c1-12-9-21-16(10-20-12)17(24)23-7-5-22(6-8-23)11-13-14(18)3-2-4-15(13)19/h2-4,9-10H,5-8,11H2,1H3. The normalized spacial score (nSPS) is 15.5. The van der Waals surface area contributed by atoms with E-state index in [0.717, 1.165) is 5.69 Å². The van der Waals surface area contributed by atoms with Gasteiger partial charge in [-0.15, -0.1) is 0 Å². The van der Waals surface area contributed by atoms with Crippen molar-refractivity contribution in [3.8, 4) is 0 Å². The Hall–Kier alpha value is -2.05. The van der Waals surface area contributed by atoms with Gasteiger partial charge in [0.25, 0.3) is 5.91 Å². The topological polar surface area (TPSA) is 49.3 Å². The SMILES string of the molecule is Cc1cnc(C(=O)N2CCN(Cc3c(F)cccc3Cl)CC2)cn1. The largest absolute Gasteiger partial charge is 0.335 e. The van der Waals surface area contributed by atoms with Gasteiger partial charge in [-0.25, -0.2) is 9.37 Å². The van der Waals surface area contributed by atoms with Gasteiger partial charge in [-0.05, 0) is 19.1 Å². The third-order valence-corrected chi connectivity index (χ3v) is 4.46. The Bertz CT molecular complexity index is 710. The first-order valence-electron chi connectivity index (χ1n) is 7.78. The molecule has 24 heavy (non-hydrogen) atoms. The highest BCUT2D eigenvalue weighted by Gasteiger charge is 2.24. The lowest BCUT2D eigenvalue weighted by molar-refractivity contribution is 0.0621. The van der Waals surface area contributed by atoms with Gasteiger partial charge in [-0.3, -0.25) is 14.7 Å². The van der Waals surface area contributed by atoms with Gasteiger partial charge in [0.1, 0.15) is 11.5 Å². The molecule has 1 fully saturated rings. The summed E-state index contributed by atoms with van der Waals surface area (Å²) in [5.74, 6) is -0.415. The fourth-order valence-electron chi connectivity index (χ4n) is 2.68. The molecule has 3 rings (SSSR count). The summed E-state index contributed by atoms with van der Waals surface area (Å²) in [5.41, 5.74) is 1.63. The highest BCUT2D eigenvalue weighted by atomic mass is 35.5. The van der Waals surface area contributed by atoms with Crippen LogP contribution in [0.25, 0.3) is 0 Å². The summed E-state index contributed by atoms with van der Waals surface area (Å²) in [4.78, 5) is 24.5. The van der Waals surface area contributed by atoms with E-state index in [-0.39, 0.29) is 11.7 Å². The average Bonchev–Trinajstić information content (AvgIpc) is 2.59. The number of halogens is 2. The Kier molecular flexibility index (Phi) is 5.06. The molecule has 0 N–H and O–H groups in total. The minimum atomic E-state index is -0.295. The number of piperazine rings is 1. The summed E-state index contributed by atoms with van der Waals surface area (Å²) in [6.07, 6.45) is 3.09. The highest BCUT2D eigenvalue weighted by molar-refractivity contribution is 6.31. The van der Waals surface area contributed by atoms with Crippen molar-refractivity contribution in [3.05, 3.63) is 58.4 Å². The molecule has 1 aliphatic heterocycles. The zero-order valence-electron chi connectivity index (χ0n) is 13.4. The van der Waals surface area contributed by atoms with Crippen LogP contribution in [0.15, 0.2) is 30.6 Å². The van der Waals surface area contributed by atoms with E-state index >= 15 is 0 Å². The summed E-state index contributed by atoms with van der Waals surface area (Å²) < 4.78 is 13.9. The molecule has 0 spiro atoms. The number of carbonyl (C=O) groups excluding carboxylic acids is 1. The van der Waals surface area contributed by atoms with Crippen LogP contribution >= 0.6 is 11.6 Å². The average molecular weight is 349 g/mol. The maximum Gasteiger partial charge on any atom is 0.274 e. The van der Waals surface area contributed by atoms with E-state index in [4.69, 9.17) is 11.6 Å². The molecule has 7 heteroatoms. The van der Waals surface area contributed by atoms with Crippen molar-refractivity contribution in [2.75, 3.05) is 26.2 Å². The van der Waals surface area contributed by atoms with Crippen molar-refractivity contribution >= 4 is 17.5 Å². The van der Waals surface area contributed by atoms with Crippen LogP contribution in [0, 0.1) is 12.7 Å². The zero-order valence-corrected chi connectivity index (χ0v) is 14.1. The number of benzene rings is 1. The zero-order chi connectivity index (χ0) is 17.1. The van der Waals surface area contributed by atoms with E-state index in [9.17, 15) is 9.18 Å². The first-order valence-corrected chi connectivity index (χ1v) is 8.15. The lowest BCUT2D eigenvalue weighted by atomic mass is 10.1. The second kappa shape index (κ2) is 7.23. The van der Waals surface area contributed by atoms with Crippen LogP contribution in [-0.2, 0) is 6.54 Å². The van der Waals surface area contributed by atoms with Gasteiger partial charge in [0.15, 0.2) is 0 Å². The molecule has 0 radical (unpaired) electrons. The predicted molar refractivity (Wildman–Crippen MR) is 89.4 cm³/mol. The minimum Gasteiger partial charge on any atom is -0.335 e. The van der Waals surface area contributed by atoms with Crippen molar-refractivity contribution < 1.29 is 9.18 Å². The Morgan fingerprint density at radius 2 is 1.96 bits per heavy atom. The van der Waals surface area contributed by atoms with E-state index in [1.54, 1.807) is 23.2 Å². The van der Waals surface area contributed by atoms with Gasteiger partial charge >= 0.3 is 0 Å². The predicted octanol–water partition coefficient (Wildman–Crippen LogP) is 2.54. The molecule has 0 bridgehead atoms. The number of rotatable bonds is 3. The van der Waals surface area contributed by atoms with E-state index < -0.39 is 0 Å². The summed E-state index contributed by atoms with van der Waals surface area (Å²) >= 11 is 6.07. The van der Waals surface area contributed by atoms with Gasteiger partial charge in [0.05, 0.1) is 11.9 Å². The quantitative estimate of drug-likeness (QED) is 0.855. The van der Waals surface area contributed by atoms with Crippen LogP contribution in [0.3, 0.4) is 0 Å². The summed E-state index contributed by atoms with van der Waals surface area (Å²) in [5, 5.41) is 0.434. The maximum atomic E-state index is 13.9. The molecule has 1 saturated heterocycles. The number of nitrogens with zero attached hydrogens (tertiary/aromatic N) is 4. The second-order valence-corrected chi connectivity index (χ2v) is 6.22. The molecule has 0 unspecified atom stereocenters. The van der Waals surface area contributed by atoms with Crippen LogP contribution in [0.4, 0.5) is 4.39 Å². The molecule has 1 aromatic carbocycles. The van der Waals surface area contributed by atoms with E-state index in [2.05, 4.69) is 14.9 Å². The van der Waals surface area contributed by atoms with Gasteiger partial charge in [0, 0.05) is 49.5 Å². The Morgan fingerprint density at radius 3 is 2.58 bits per heavy atom. The van der Waals surface area contributed by atoms with Crippen molar-refractivity contribution in [2.24, 2.45) is 0 Å². The molecule has 126 valence electrons. The minimum absolute atomic E-state index is 0.119. The number of carbonyl (C=O) groups is 1. The molecule has 2 aromatic rings. The van der Waals surface area contributed by atoms with Crippen LogP contribution in [-0.4, -0.2) is 51.9 Å². The number of amides is 1. The summed E-state index contributed by atoms with van der Waals surface area (Å²) in [7, 11) is 0. The molecule has 5 nitrogen and oxygen atoms in total. The maximum absolute atomic E-state index is 13.9. The smallest absolute Gasteiger partial charge is 0.274 e. The Morgan fingerprint density at radius 1 is 1.21 bits per heavy atom. The monoisotopic (exact) mass is 348 g/mol. The molecular weight excluding hydrogens is 331 g/mol. The fraction of sp³-hybridized carbons (Fsp3) is 0.353. The molecule has 0 atom stereocenters. The van der Waals surface area contributed by atoms with E-state index in [1.165, 1.54) is 12.3 Å².